The van der Waals surface area contributed by atoms with Crippen LogP contribution in [0.15, 0.2) is 24.3 Å². The highest BCUT2D eigenvalue weighted by Crippen LogP contribution is 2.19. The number of hydrogen-bond acceptors (Lipinski definition) is 3. The number of rotatable bonds is 6. The predicted molar refractivity (Wildman–Crippen MR) is 90.9 cm³/mol. The van der Waals surface area contributed by atoms with E-state index in [1.807, 2.05) is 29.2 Å². The lowest BCUT2D eigenvalue weighted by molar-refractivity contribution is -0.123. The second kappa shape index (κ2) is 8.11. The summed E-state index contributed by atoms with van der Waals surface area (Å²) in [5.74, 6) is -0.296. The van der Waals surface area contributed by atoms with Crippen molar-refractivity contribution in [2.24, 2.45) is 11.7 Å². The minimum atomic E-state index is -0.252. The Kier molecular flexibility index (Phi) is 6.16. The molecule has 1 aromatic carbocycles. The lowest BCUT2D eigenvalue weighted by Crippen LogP contribution is -2.41. The summed E-state index contributed by atoms with van der Waals surface area (Å²) in [6.07, 6.45) is 1.34. The molecule has 2 amide bonds. The van der Waals surface area contributed by atoms with Crippen LogP contribution in [0.25, 0.3) is 0 Å². The maximum absolute atomic E-state index is 12.5. The van der Waals surface area contributed by atoms with E-state index in [2.05, 4.69) is 18.7 Å². The molecule has 1 aliphatic heterocycles. The lowest BCUT2D eigenvalue weighted by atomic mass is 9.96. The summed E-state index contributed by atoms with van der Waals surface area (Å²) in [7, 11) is 0. The highest BCUT2D eigenvalue weighted by molar-refractivity contribution is 5.94. The zero-order valence-electron chi connectivity index (χ0n) is 14.1. The molecule has 1 fully saturated rings. The Bertz CT molecular complexity index is 530. The van der Waals surface area contributed by atoms with E-state index in [1.54, 1.807) is 0 Å². The lowest BCUT2D eigenvalue weighted by Gasteiger charge is -2.30. The maximum Gasteiger partial charge on any atom is 0.253 e. The summed E-state index contributed by atoms with van der Waals surface area (Å²) in [5, 5.41) is 0. The van der Waals surface area contributed by atoms with Gasteiger partial charge in [-0.25, -0.2) is 0 Å². The third-order valence-corrected chi connectivity index (χ3v) is 4.69. The number of amides is 2. The molecule has 5 nitrogen and oxygen atoms in total. The first-order chi connectivity index (χ1) is 11.0. The number of nitrogens with zero attached hydrogens (tertiary/aromatic N) is 2. The van der Waals surface area contributed by atoms with E-state index >= 15 is 0 Å². The van der Waals surface area contributed by atoms with Crippen molar-refractivity contribution < 1.29 is 9.59 Å². The maximum atomic E-state index is 12.5. The highest BCUT2D eigenvalue weighted by atomic mass is 16.2. The second-order valence-corrected chi connectivity index (χ2v) is 6.13. The molecule has 0 saturated carbocycles. The van der Waals surface area contributed by atoms with Gasteiger partial charge < -0.3 is 10.6 Å². The second-order valence-electron chi connectivity index (χ2n) is 6.13. The van der Waals surface area contributed by atoms with Crippen LogP contribution in [0.1, 0.15) is 42.6 Å². The third-order valence-electron chi connectivity index (χ3n) is 4.69. The summed E-state index contributed by atoms with van der Waals surface area (Å²) < 4.78 is 0. The standard InChI is InChI=1S/C18H27N3O2/c1-3-20(4-2)13-14-5-7-16(8-6-14)18(23)21-11-9-15(10-12-21)17(19)22/h5-8,15H,3-4,9-13H2,1-2H3,(H2,19,22). The van der Waals surface area contributed by atoms with Crippen molar-refractivity contribution in [2.45, 2.75) is 33.2 Å². The largest absolute Gasteiger partial charge is 0.369 e. The number of primary amides is 1. The Morgan fingerprint density at radius 2 is 1.70 bits per heavy atom. The first-order valence-electron chi connectivity index (χ1n) is 8.45. The molecule has 1 aromatic rings. The SMILES string of the molecule is CCN(CC)Cc1ccc(C(=O)N2CCC(C(N)=O)CC2)cc1. The van der Waals surface area contributed by atoms with Gasteiger partial charge in [0.05, 0.1) is 0 Å². The van der Waals surface area contributed by atoms with Crippen molar-refractivity contribution in [3.63, 3.8) is 0 Å². The van der Waals surface area contributed by atoms with Crippen LogP contribution in [-0.2, 0) is 11.3 Å². The first-order valence-corrected chi connectivity index (χ1v) is 8.45. The van der Waals surface area contributed by atoms with E-state index in [0.29, 0.717) is 31.5 Å². The highest BCUT2D eigenvalue weighted by Gasteiger charge is 2.26. The van der Waals surface area contributed by atoms with Crippen LogP contribution in [0.3, 0.4) is 0 Å². The molecule has 1 heterocycles. The Morgan fingerprint density at radius 1 is 1.13 bits per heavy atom. The minimum Gasteiger partial charge on any atom is -0.369 e. The molecule has 0 radical (unpaired) electrons. The van der Waals surface area contributed by atoms with Gasteiger partial charge in [0.25, 0.3) is 5.91 Å². The Hall–Kier alpha value is -1.88. The molecule has 2 rings (SSSR count). The number of benzene rings is 1. The van der Waals surface area contributed by atoms with Gasteiger partial charge in [-0.3, -0.25) is 14.5 Å². The van der Waals surface area contributed by atoms with Gasteiger partial charge in [-0.05, 0) is 43.6 Å². The Morgan fingerprint density at radius 3 is 2.17 bits per heavy atom. The summed E-state index contributed by atoms with van der Waals surface area (Å²) in [6, 6.07) is 7.87. The van der Waals surface area contributed by atoms with E-state index < -0.39 is 0 Å². The monoisotopic (exact) mass is 317 g/mol. The van der Waals surface area contributed by atoms with Crippen LogP contribution >= 0.6 is 0 Å². The Labute approximate surface area is 138 Å². The average molecular weight is 317 g/mol. The van der Waals surface area contributed by atoms with Crippen LogP contribution in [-0.4, -0.2) is 47.8 Å². The summed E-state index contributed by atoms with van der Waals surface area (Å²) in [4.78, 5) is 27.9. The van der Waals surface area contributed by atoms with Crippen molar-refractivity contribution >= 4 is 11.8 Å². The van der Waals surface area contributed by atoms with Gasteiger partial charge in [-0.2, -0.15) is 0 Å². The van der Waals surface area contributed by atoms with Gasteiger partial charge in [0.15, 0.2) is 0 Å². The Balaban J connectivity index is 1.94. The molecule has 0 spiro atoms. The third kappa shape index (κ3) is 4.55. The van der Waals surface area contributed by atoms with Gasteiger partial charge in [-0.15, -0.1) is 0 Å². The molecule has 0 aromatic heterocycles. The van der Waals surface area contributed by atoms with Gasteiger partial charge in [0, 0.05) is 31.1 Å². The molecule has 5 heteroatoms. The average Bonchev–Trinajstić information content (AvgIpc) is 2.59. The van der Waals surface area contributed by atoms with E-state index in [-0.39, 0.29) is 17.7 Å². The first kappa shape index (κ1) is 17.5. The molecule has 2 N–H and O–H groups in total. The normalized spacial score (nSPS) is 15.9. The number of piperidine rings is 1. The van der Waals surface area contributed by atoms with Crippen LogP contribution in [0, 0.1) is 5.92 Å². The number of hydrogen-bond donors (Lipinski definition) is 1. The fourth-order valence-electron chi connectivity index (χ4n) is 3.01. The molecular weight excluding hydrogens is 290 g/mol. The molecule has 23 heavy (non-hydrogen) atoms. The van der Waals surface area contributed by atoms with Crippen molar-refractivity contribution in [1.82, 2.24) is 9.80 Å². The number of likely N-dealkylation sites (tertiary alicyclic amines) is 1. The minimum absolute atomic E-state index is 0.0438. The van der Waals surface area contributed by atoms with Crippen LogP contribution in [0.5, 0.6) is 0 Å². The van der Waals surface area contributed by atoms with E-state index in [4.69, 9.17) is 5.73 Å². The molecular formula is C18H27N3O2. The molecule has 0 unspecified atom stereocenters. The smallest absolute Gasteiger partial charge is 0.253 e. The van der Waals surface area contributed by atoms with E-state index in [0.717, 1.165) is 19.6 Å². The predicted octanol–water partition coefficient (Wildman–Crippen LogP) is 1.87. The molecule has 0 atom stereocenters. The van der Waals surface area contributed by atoms with Crippen LogP contribution < -0.4 is 5.73 Å². The fraction of sp³-hybridized carbons (Fsp3) is 0.556. The zero-order chi connectivity index (χ0) is 16.8. The zero-order valence-corrected chi connectivity index (χ0v) is 14.1. The molecule has 0 bridgehead atoms. The topological polar surface area (TPSA) is 66.6 Å². The van der Waals surface area contributed by atoms with Crippen LogP contribution in [0.4, 0.5) is 0 Å². The van der Waals surface area contributed by atoms with E-state index in [1.165, 1.54) is 5.56 Å². The van der Waals surface area contributed by atoms with Gasteiger partial charge >= 0.3 is 0 Å². The molecule has 0 aliphatic carbocycles. The summed E-state index contributed by atoms with van der Waals surface area (Å²) in [5.41, 5.74) is 7.27. The molecule has 126 valence electrons. The fourth-order valence-corrected chi connectivity index (χ4v) is 3.01. The number of nitrogens with two attached hydrogens (primary N) is 1. The van der Waals surface area contributed by atoms with Gasteiger partial charge in [0.2, 0.25) is 5.91 Å². The van der Waals surface area contributed by atoms with Gasteiger partial charge in [-0.1, -0.05) is 26.0 Å². The van der Waals surface area contributed by atoms with Crippen molar-refractivity contribution in [1.29, 1.82) is 0 Å². The summed E-state index contributed by atoms with van der Waals surface area (Å²) >= 11 is 0. The number of carbonyl (C=O) groups excluding carboxylic acids is 2. The van der Waals surface area contributed by atoms with E-state index in [9.17, 15) is 9.59 Å². The van der Waals surface area contributed by atoms with Crippen molar-refractivity contribution in [3.8, 4) is 0 Å². The van der Waals surface area contributed by atoms with Crippen LogP contribution in [0.2, 0.25) is 0 Å². The number of carbonyl (C=O) groups is 2. The van der Waals surface area contributed by atoms with Crippen molar-refractivity contribution in [2.75, 3.05) is 26.2 Å². The summed E-state index contributed by atoms with van der Waals surface area (Å²) in [6.45, 7) is 8.46. The molecule has 1 aliphatic rings. The van der Waals surface area contributed by atoms with Crippen molar-refractivity contribution in [3.05, 3.63) is 35.4 Å². The van der Waals surface area contributed by atoms with Gasteiger partial charge in [0.1, 0.15) is 0 Å². The quantitative estimate of drug-likeness (QED) is 0.871. The molecule has 1 saturated heterocycles.